The molecule has 0 aliphatic heterocycles. The summed E-state index contributed by atoms with van der Waals surface area (Å²) in [7, 11) is 5.55. The average Bonchev–Trinajstić information content (AvgIpc) is 3.19. The molecule has 350 valence electrons. The second-order valence-electron chi connectivity index (χ2n) is 18.8. The van der Waals surface area contributed by atoms with Crippen LogP contribution in [0.5, 0.6) is 0 Å². The highest BCUT2D eigenvalue weighted by molar-refractivity contribution is 5.72. The van der Waals surface area contributed by atoms with Crippen LogP contribution in [0.2, 0.25) is 0 Å². The number of rotatable bonds is 47. The molecule has 0 heterocycles. The SMILES string of the molecule is CCCCCCCCCCCCCCCCCCCCC(=O)OC(COCCC(C(=O)O)[N+](C)(C)C)COC(=O)CCCCCCCCCCCCCCCCCCC. The van der Waals surface area contributed by atoms with Crippen molar-refractivity contribution in [3.05, 3.63) is 0 Å². The molecule has 0 radical (unpaired) electrons. The molecule has 0 saturated heterocycles. The lowest BCUT2D eigenvalue weighted by Crippen LogP contribution is -2.50. The molecule has 0 aliphatic rings. The maximum absolute atomic E-state index is 12.8. The number of likely N-dealkylation sites (N-methyl/N-ethyl adjacent to an activating group) is 1. The summed E-state index contributed by atoms with van der Waals surface area (Å²) < 4.78 is 17.4. The van der Waals surface area contributed by atoms with Gasteiger partial charge in [0.15, 0.2) is 12.1 Å². The van der Waals surface area contributed by atoms with Crippen molar-refractivity contribution in [3.63, 3.8) is 0 Å². The van der Waals surface area contributed by atoms with Gasteiger partial charge in [0.05, 0.1) is 34.4 Å². The number of nitrogens with zero attached hydrogens (tertiary/aromatic N) is 1. The van der Waals surface area contributed by atoms with Crippen molar-refractivity contribution in [1.82, 2.24) is 0 Å². The Morgan fingerprint density at radius 1 is 0.441 bits per heavy atom. The maximum Gasteiger partial charge on any atom is 0.362 e. The molecule has 0 aromatic heterocycles. The number of quaternary nitrogens is 1. The van der Waals surface area contributed by atoms with E-state index in [1.807, 2.05) is 21.1 Å². The molecule has 0 fully saturated rings. The van der Waals surface area contributed by atoms with E-state index in [9.17, 15) is 19.5 Å². The molecule has 0 aliphatic carbocycles. The average molecular weight is 839 g/mol. The number of hydrogen-bond donors (Lipinski definition) is 1. The van der Waals surface area contributed by atoms with E-state index in [0.29, 0.717) is 19.3 Å². The number of unbranched alkanes of at least 4 members (excludes halogenated alkanes) is 33. The molecule has 0 aromatic carbocycles. The summed E-state index contributed by atoms with van der Waals surface area (Å²) >= 11 is 0. The van der Waals surface area contributed by atoms with Gasteiger partial charge in [0, 0.05) is 19.3 Å². The van der Waals surface area contributed by atoms with E-state index < -0.39 is 18.1 Å². The van der Waals surface area contributed by atoms with E-state index in [1.54, 1.807) is 0 Å². The van der Waals surface area contributed by atoms with Crippen LogP contribution in [0.25, 0.3) is 0 Å². The third-order valence-electron chi connectivity index (χ3n) is 12.0. The van der Waals surface area contributed by atoms with Crippen molar-refractivity contribution >= 4 is 17.9 Å². The highest BCUT2D eigenvalue weighted by Gasteiger charge is 2.31. The van der Waals surface area contributed by atoms with Crippen molar-refractivity contribution in [2.24, 2.45) is 0 Å². The number of carboxylic acid groups (broad SMARTS) is 1. The van der Waals surface area contributed by atoms with Crippen LogP contribution in [-0.4, -0.2) is 80.6 Å². The molecule has 0 saturated carbocycles. The zero-order valence-electron chi connectivity index (χ0n) is 40.0. The van der Waals surface area contributed by atoms with E-state index in [1.165, 1.54) is 186 Å². The Balaban J connectivity index is 4.20. The van der Waals surface area contributed by atoms with Crippen LogP contribution >= 0.6 is 0 Å². The molecular weight excluding hydrogens is 739 g/mol. The van der Waals surface area contributed by atoms with Crippen LogP contribution in [0.4, 0.5) is 0 Å². The van der Waals surface area contributed by atoms with Gasteiger partial charge in [-0.3, -0.25) is 9.59 Å². The lowest BCUT2D eigenvalue weighted by molar-refractivity contribution is -0.887. The molecule has 8 heteroatoms. The highest BCUT2D eigenvalue weighted by atomic mass is 16.6. The maximum atomic E-state index is 12.8. The number of carboxylic acids is 1. The lowest BCUT2D eigenvalue weighted by Gasteiger charge is -2.31. The molecule has 59 heavy (non-hydrogen) atoms. The van der Waals surface area contributed by atoms with Crippen LogP contribution in [-0.2, 0) is 28.6 Å². The zero-order chi connectivity index (χ0) is 43.5. The van der Waals surface area contributed by atoms with Gasteiger partial charge in [0.1, 0.15) is 6.61 Å². The van der Waals surface area contributed by atoms with Crippen LogP contribution in [0, 0.1) is 0 Å². The molecule has 1 N–H and O–H groups in total. The van der Waals surface area contributed by atoms with Gasteiger partial charge >= 0.3 is 17.9 Å². The third kappa shape index (κ3) is 41.5. The molecule has 0 amide bonds. The predicted molar refractivity (Wildman–Crippen MR) is 248 cm³/mol. The normalized spacial score (nSPS) is 12.8. The first-order valence-corrected chi connectivity index (χ1v) is 25.6. The fourth-order valence-corrected chi connectivity index (χ4v) is 8.04. The van der Waals surface area contributed by atoms with E-state index in [4.69, 9.17) is 14.2 Å². The largest absolute Gasteiger partial charge is 0.477 e. The number of esters is 2. The summed E-state index contributed by atoms with van der Waals surface area (Å²) in [5.41, 5.74) is 0. The Hall–Kier alpha value is -1.67. The summed E-state index contributed by atoms with van der Waals surface area (Å²) in [6, 6.07) is -0.608. The fourth-order valence-electron chi connectivity index (χ4n) is 8.04. The standard InChI is InChI=1S/C51H99NO7/c1-6-8-10-12-14-16-18-20-22-24-26-28-30-32-34-36-38-40-42-50(54)59-47(45-57-44-43-48(51(55)56)52(3,4)5)46-58-49(53)41-39-37-35-33-31-29-27-25-23-21-19-17-15-13-11-9-7-2/h47-48H,6-46H2,1-5H3/p+1. The molecular formula is C51H100NO7+. The molecule has 8 nitrogen and oxygen atoms in total. The minimum absolute atomic E-state index is 0.0413. The number of aliphatic carboxylic acids is 1. The molecule has 0 spiro atoms. The second kappa shape index (κ2) is 43.0. The Kier molecular flexibility index (Phi) is 41.8. The second-order valence-corrected chi connectivity index (χ2v) is 18.8. The van der Waals surface area contributed by atoms with Crippen molar-refractivity contribution in [2.75, 3.05) is 41.0 Å². The van der Waals surface area contributed by atoms with Gasteiger partial charge < -0.3 is 23.8 Å². The molecule has 2 atom stereocenters. The highest BCUT2D eigenvalue weighted by Crippen LogP contribution is 2.17. The predicted octanol–water partition coefficient (Wildman–Crippen LogP) is 14.5. The van der Waals surface area contributed by atoms with E-state index in [-0.39, 0.29) is 36.2 Å². The van der Waals surface area contributed by atoms with E-state index in [2.05, 4.69) is 13.8 Å². The smallest absolute Gasteiger partial charge is 0.362 e. The van der Waals surface area contributed by atoms with Crippen LogP contribution in [0.3, 0.4) is 0 Å². The third-order valence-corrected chi connectivity index (χ3v) is 12.0. The molecule has 0 rings (SSSR count). The van der Waals surface area contributed by atoms with Crippen LogP contribution < -0.4 is 0 Å². The van der Waals surface area contributed by atoms with Crippen molar-refractivity contribution < 1.29 is 38.2 Å². The molecule has 0 bridgehead atoms. The van der Waals surface area contributed by atoms with Gasteiger partial charge in [-0.15, -0.1) is 0 Å². The van der Waals surface area contributed by atoms with Gasteiger partial charge in [-0.2, -0.15) is 0 Å². The topological polar surface area (TPSA) is 99.1 Å². The summed E-state index contributed by atoms with van der Waals surface area (Å²) in [6.07, 6.45) is 45.7. The van der Waals surface area contributed by atoms with Crippen LogP contribution in [0.1, 0.15) is 258 Å². The van der Waals surface area contributed by atoms with Gasteiger partial charge in [-0.25, -0.2) is 4.79 Å². The van der Waals surface area contributed by atoms with Gasteiger partial charge in [-0.05, 0) is 12.8 Å². The van der Waals surface area contributed by atoms with Crippen LogP contribution in [0.15, 0.2) is 0 Å². The number of carbonyl (C=O) groups is 3. The summed E-state index contributed by atoms with van der Waals surface area (Å²) in [5.74, 6) is -1.44. The zero-order valence-corrected chi connectivity index (χ0v) is 40.0. The van der Waals surface area contributed by atoms with E-state index in [0.717, 1.165) is 38.5 Å². The number of hydrogen-bond acceptors (Lipinski definition) is 6. The fraction of sp³-hybridized carbons (Fsp3) is 0.941. The molecule has 0 aromatic rings. The summed E-state index contributed by atoms with van der Waals surface area (Å²) in [5, 5.41) is 9.65. The van der Waals surface area contributed by atoms with Crippen molar-refractivity contribution in [1.29, 1.82) is 0 Å². The Labute approximate surface area is 366 Å². The number of ether oxygens (including phenoxy) is 3. The lowest BCUT2D eigenvalue weighted by atomic mass is 10.0. The molecule has 2 unspecified atom stereocenters. The van der Waals surface area contributed by atoms with Crippen molar-refractivity contribution in [2.45, 2.75) is 270 Å². The summed E-state index contributed by atoms with van der Waals surface area (Å²) in [6.45, 7) is 4.80. The minimum Gasteiger partial charge on any atom is -0.477 e. The van der Waals surface area contributed by atoms with Crippen molar-refractivity contribution in [3.8, 4) is 0 Å². The Morgan fingerprint density at radius 2 is 0.746 bits per heavy atom. The van der Waals surface area contributed by atoms with Gasteiger partial charge in [-0.1, -0.05) is 226 Å². The minimum atomic E-state index is -0.869. The van der Waals surface area contributed by atoms with E-state index >= 15 is 0 Å². The first-order chi connectivity index (χ1) is 28.6. The Bertz CT molecular complexity index is 936. The first kappa shape index (κ1) is 57.3. The monoisotopic (exact) mass is 839 g/mol. The quantitative estimate of drug-likeness (QED) is 0.0370. The number of carbonyl (C=O) groups excluding carboxylic acids is 2. The summed E-state index contributed by atoms with van der Waals surface area (Å²) in [4.78, 5) is 37.1. The Morgan fingerprint density at radius 3 is 1.05 bits per heavy atom. The van der Waals surface area contributed by atoms with Gasteiger partial charge in [0.25, 0.3) is 0 Å². The van der Waals surface area contributed by atoms with Gasteiger partial charge in [0.2, 0.25) is 0 Å². The first-order valence-electron chi connectivity index (χ1n) is 25.6.